The van der Waals surface area contributed by atoms with Gasteiger partial charge in [-0.25, -0.2) is 5.06 Å². The highest BCUT2D eigenvalue weighted by Crippen LogP contribution is 1.94. The van der Waals surface area contributed by atoms with Gasteiger partial charge in [-0.3, -0.25) is 9.63 Å². The number of rotatable bonds is 4. The Hall–Kier alpha value is -0.570. The molecule has 0 spiro atoms. The van der Waals surface area contributed by atoms with Crippen LogP contribution in [0.5, 0.6) is 0 Å². The van der Waals surface area contributed by atoms with Crippen LogP contribution in [-0.4, -0.2) is 24.6 Å². The van der Waals surface area contributed by atoms with Crippen LogP contribution in [0.4, 0.5) is 0 Å². The van der Waals surface area contributed by atoms with Crippen LogP contribution in [0.2, 0.25) is 0 Å². The molecule has 0 aliphatic heterocycles. The lowest BCUT2D eigenvalue weighted by Gasteiger charge is -2.14. The van der Waals surface area contributed by atoms with Gasteiger partial charge in [0.2, 0.25) is 5.91 Å². The Balaban J connectivity index is 0. The van der Waals surface area contributed by atoms with Crippen LogP contribution in [0.25, 0.3) is 0 Å². The molecule has 0 unspecified atom stereocenters. The molecular weight excluding hydrogens is 154 g/mol. The molecule has 0 rings (SSSR count). The summed E-state index contributed by atoms with van der Waals surface area (Å²) in [6, 6.07) is 0. The van der Waals surface area contributed by atoms with Crippen LogP contribution in [-0.2, 0) is 9.63 Å². The topological polar surface area (TPSA) is 29.5 Å². The molecular formula is C9H21NO2. The van der Waals surface area contributed by atoms with Gasteiger partial charge < -0.3 is 0 Å². The molecule has 0 aromatic carbocycles. The lowest BCUT2D eigenvalue weighted by molar-refractivity contribution is -0.176. The van der Waals surface area contributed by atoms with Crippen molar-refractivity contribution >= 4 is 5.91 Å². The second-order valence-electron chi connectivity index (χ2n) is 2.06. The Morgan fingerprint density at radius 3 is 2.17 bits per heavy atom. The molecule has 3 nitrogen and oxygen atoms in total. The summed E-state index contributed by atoms with van der Waals surface area (Å²) in [5.41, 5.74) is 0. The molecule has 74 valence electrons. The first-order valence-corrected chi connectivity index (χ1v) is 4.61. The Kier molecular flexibility index (Phi) is 12.2. The van der Waals surface area contributed by atoms with Gasteiger partial charge in [-0.05, 0) is 13.3 Å². The van der Waals surface area contributed by atoms with Crippen molar-refractivity contribution in [3.05, 3.63) is 0 Å². The number of hydroxylamine groups is 2. The summed E-state index contributed by atoms with van der Waals surface area (Å²) in [6.45, 7) is 8.37. The maximum absolute atomic E-state index is 10.9. The van der Waals surface area contributed by atoms with E-state index >= 15 is 0 Å². The summed E-state index contributed by atoms with van der Waals surface area (Å²) < 4.78 is 0. The van der Waals surface area contributed by atoms with Crippen LogP contribution in [0.1, 0.15) is 40.5 Å². The maximum Gasteiger partial charge on any atom is 0.245 e. The molecule has 0 atom stereocenters. The van der Waals surface area contributed by atoms with E-state index < -0.39 is 0 Å². The average molecular weight is 175 g/mol. The van der Waals surface area contributed by atoms with Gasteiger partial charge in [-0.2, -0.15) is 0 Å². The van der Waals surface area contributed by atoms with Gasteiger partial charge in [-0.1, -0.05) is 20.8 Å². The van der Waals surface area contributed by atoms with Crippen molar-refractivity contribution in [2.45, 2.75) is 40.5 Å². The molecule has 0 bridgehead atoms. The van der Waals surface area contributed by atoms with Gasteiger partial charge in [-0.15, -0.1) is 0 Å². The Morgan fingerprint density at radius 2 is 1.83 bits per heavy atom. The quantitative estimate of drug-likeness (QED) is 0.613. The molecule has 0 heterocycles. The predicted octanol–water partition coefficient (Wildman–Crippen LogP) is 2.22. The molecule has 1 amide bonds. The van der Waals surface area contributed by atoms with Crippen molar-refractivity contribution in [1.82, 2.24) is 5.06 Å². The molecule has 0 N–H and O–H groups in total. The first-order valence-electron chi connectivity index (χ1n) is 4.61. The zero-order valence-corrected chi connectivity index (χ0v) is 8.89. The van der Waals surface area contributed by atoms with Crippen molar-refractivity contribution in [2.24, 2.45) is 0 Å². The predicted molar refractivity (Wildman–Crippen MR) is 50.7 cm³/mol. The molecule has 0 saturated heterocycles. The van der Waals surface area contributed by atoms with Crippen LogP contribution >= 0.6 is 0 Å². The fourth-order valence-electron chi connectivity index (χ4n) is 0.637. The van der Waals surface area contributed by atoms with Crippen LogP contribution < -0.4 is 0 Å². The number of carbonyl (C=O) groups excluding carboxylic acids is 1. The zero-order chi connectivity index (χ0) is 9.98. The monoisotopic (exact) mass is 175 g/mol. The number of nitrogens with zero attached hydrogens (tertiary/aromatic N) is 1. The standard InChI is InChI=1S/C7H15NO2.C2H6/c1-4-6-7(9)8(3)10-5-2;1-2/h4-6H2,1-3H3;1-2H3. The summed E-state index contributed by atoms with van der Waals surface area (Å²) in [7, 11) is 1.64. The van der Waals surface area contributed by atoms with Crippen LogP contribution in [0.3, 0.4) is 0 Å². The van der Waals surface area contributed by atoms with Gasteiger partial charge in [0, 0.05) is 13.5 Å². The van der Waals surface area contributed by atoms with E-state index in [0.717, 1.165) is 6.42 Å². The first kappa shape index (κ1) is 14.0. The minimum Gasteiger partial charge on any atom is -0.273 e. The molecule has 0 aromatic rings. The largest absolute Gasteiger partial charge is 0.273 e. The molecule has 3 heteroatoms. The Labute approximate surface area is 75.7 Å². The van der Waals surface area contributed by atoms with E-state index in [9.17, 15) is 4.79 Å². The number of carbonyl (C=O) groups is 1. The van der Waals surface area contributed by atoms with Crippen LogP contribution in [0, 0.1) is 0 Å². The third-order valence-corrected chi connectivity index (χ3v) is 1.14. The SMILES string of the molecule is CC.CCCC(=O)N(C)OCC. The normalized spacial score (nSPS) is 8.42. The Bertz CT molecular complexity index is 105. The number of amides is 1. The van der Waals surface area contributed by atoms with E-state index in [4.69, 9.17) is 4.84 Å². The minimum absolute atomic E-state index is 0.0457. The molecule has 0 aliphatic carbocycles. The molecule has 0 radical (unpaired) electrons. The van der Waals surface area contributed by atoms with Gasteiger partial charge in [0.25, 0.3) is 0 Å². The maximum atomic E-state index is 10.9. The van der Waals surface area contributed by atoms with Crippen molar-refractivity contribution in [3.63, 3.8) is 0 Å². The summed E-state index contributed by atoms with van der Waals surface area (Å²) in [5, 5.41) is 1.30. The van der Waals surface area contributed by atoms with Crippen molar-refractivity contribution < 1.29 is 9.63 Å². The number of hydrogen-bond donors (Lipinski definition) is 0. The van der Waals surface area contributed by atoms with E-state index in [2.05, 4.69) is 0 Å². The first-order chi connectivity index (χ1) is 5.72. The molecule has 0 saturated carbocycles. The summed E-state index contributed by atoms with van der Waals surface area (Å²) in [4.78, 5) is 15.9. The average Bonchev–Trinajstić information content (AvgIpc) is 2.09. The lowest BCUT2D eigenvalue weighted by atomic mass is 10.3. The highest BCUT2D eigenvalue weighted by molar-refractivity contribution is 5.74. The fourth-order valence-corrected chi connectivity index (χ4v) is 0.637. The van der Waals surface area contributed by atoms with E-state index in [1.807, 2.05) is 27.7 Å². The van der Waals surface area contributed by atoms with Gasteiger partial charge in [0.1, 0.15) is 0 Å². The van der Waals surface area contributed by atoms with Gasteiger partial charge in [0.05, 0.1) is 6.61 Å². The highest BCUT2D eigenvalue weighted by Gasteiger charge is 2.05. The van der Waals surface area contributed by atoms with Gasteiger partial charge in [0.15, 0.2) is 0 Å². The Morgan fingerprint density at radius 1 is 1.33 bits per heavy atom. The zero-order valence-electron chi connectivity index (χ0n) is 8.89. The van der Waals surface area contributed by atoms with E-state index in [1.54, 1.807) is 7.05 Å². The van der Waals surface area contributed by atoms with E-state index in [-0.39, 0.29) is 5.91 Å². The highest BCUT2D eigenvalue weighted by atomic mass is 16.7. The smallest absolute Gasteiger partial charge is 0.245 e. The minimum atomic E-state index is 0.0457. The third kappa shape index (κ3) is 7.54. The second kappa shape index (κ2) is 10.4. The van der Waals surface area contributed by atoms with Crippen molar-refractivity contribution in [1.29, 1.82) is 0 Å². The summed E-state index contributed by atoms with van der Waals surface area (Å²) >= 11 is 0. The van der Waals surface area contributed by atoms with E-state index in [1.165, 1.54) is 5.06 Å². The van der Waals surface area contributed by atoms with Gasteiger partial charge >= 0.3 is 0 Å². The molecule has 0 fully saturated rings. The van der Waals surface area contributed by atoms with Crippen molar-refractivity contribution in [2.75, 3.05) is 13.7 Å². The number of hydrogen-bond acceptors (Lipinski definition) is 2. The molecule has 12 heavy (non-hydrogen) atoms. The molecule has 0 aliphatic rings. The van der Waals surface area contributed by atoms with Crippen LogP contribution in [0.15, 0.2) is 0 Å². The third-order valence-electron chi connectivity index (χ3n) is 1.14. The summed E-state index contributed by atoms with van der Waals surface area (Å²) in [6.07, 6.45) is 1.44. The van der Waals surface area contributed by atoms with E-state index in [0.29, 0.717) is 13.0 Å². The lowest BCUT2D eigenvalue weighted by Crippen LogP contribution is -2.26. The second-order valence-corrected chi connectivity index (χ2v) is 2.06. The van der Waals surface area contributed by atoms with Crippen molar-refractivity contribution in [3.8, 4) is 0 Å². The summed E-state index contributed by atoms with van der Waals surface area (Å²) in [5.74, 6) is 0.0457. The fraction of sp³-hybridized carbons (Fsp3) is 0.889. The molecule has 0 aromatic heterocycles.